The van der Waals surface area contributed by atoms with Crippen molar-refractivity contribution in [2.75, 3.05) is 32.8 Å². The van der Waals surface area contributed by atoms with Gasteiger partial charge in [0.15, 0.2) is 5.58 Å². The fourth-order valence-corrected chi connectivity index (χ4v) is 6.90. The van der Waals surface area contributed by atoms with Crippen LogP contribution in [0.5, 0.6) is 0 Å². The molecule has 14 nitrogen and oxygen atoms in total. The molecule has 0 bridgehead atoms. The summed E-state index contributed by atoms with van der Waals surface area (Å²) in [4.78, 5) is 76.0. The fraction of sp³-hybridized carbons (Fsp3) is 0.538. The highest BCUT2D eigenvalue weighted by Crippen LogP contribution is 2.29. The zero-order valence-corrected chi connectivity index (χ0v) is 30.1. The number of amides is 4. The summed E-state index contributed by atoms with van der Waals surface area (Å²) in [5, 5.41) is 5.63. The number of nitrogens with two attached hydrogens (primary N) is 1. The van der Waals surface area contributed by atoms with Crippen molar-refractivity contribution in [1.29, 1.82) is 0 Å². The molecule has 0 radical (unpaired) electrons. The molecule has 1 saturated carbocycles. The molecule has 4 N–H and O–H groups in total. The van der Waals surface area contributed by atoms with Crippen LogP contribution in [-0.2, 0) is 25.5 Å². The van der Waals surface area contributed by atoms with Crippen molar-refractivity contribution in [3.05, 3.63) is 66.1 Å². The summed E-state index contributed by atoms with van der Waals surface area (Å²) in [7, 11) is 0. The minimum Gasteiger partial charge on any atom is -0.449 e. The lowest BCUT2D eigenvalue weighted by molar-refractivity contribution is -0.140. The molecule has 4 atom stereocenters. The summed E-state index contributed by atoms with van der Waals surface area (Å²) >= 11 is 0. The van der Waals surface area contributed by atoms with Crippen LogP contribution in [0.1, 0.15) is 80.5 Å². The molecule has 2 aromatic carbocycles. The quantitative estimate of drug-likeness (QED) is 0.141. The maximum Gasteiger partial charge on any atom is 0.410 e. The van der Waals surface area contributed by atoms with Crippen LogP contribution in [0.25, 0.3) is 11.1 Å². The third kappa shape index (κ3) is 10.3. The molecule has 3 heterocycles. The number of rotatable bonds is 16. The first-order chi connectivity index (χ1) is 25.8. The summed E-state index contributed by atoms with van der Waals surface area (Å²) < 4.78 is 17.1. The third-order valence-corrected chi connectivity index (χ3v) is 10.1. The minimum absolute atomic E-state index is 0.0152. The molecule has 2 aliphatic heterocycles. The number of alkyl carbamates (subject to hydrolysis) is 1. The SMILES string of the molecule is NCCCC[C@H](NC(=O)[C@@H]1C[C@@H](OC(=O)N2CCCCC2)CN1C(=O)[C@@H](CCc1ccccc1)NC(=O)OCC1CC1)C(=O)c1nc2ccccc2o1. The summed E-state index contributed by atoms with van der Waals surface area (Å²) in [5.74, 6) is -1.40. The fourth-order valence-electron chi connectivity index (χ4n) is 6.90. The Labute approximate surface area is 309 Å². The van der Waals surface area contributed by atoms with E-state index in [1.807, 2.05) is 30.3 Å². The van der Waals surface area contributed by atoms with Crippen molar-refractivity contribution in [2.45, 2.75) is 94.9 Å². The Kier molecular flexibility index (Phi) is 13.0. The van der Waals surface area contributed by atoms with Crippen molar-refractivity contribution in [2.24, 2.45) is 11.7 Å². The molecule has 2 saturated heterocycles. The number of benzene rings is 2. The van der Waals surface area contributed by atoms with Gasteiger partial charge in [0.05, 0.1) is 19.2 Å². The first kappa shape index (κ1) is 37.8. The van der Waals surface area contributed by atoms with Crippen LogP contribution < -0.4 is 16.4 Å². The van der Waals surface area contributed by atoms with Crippen LogP contribution in [0.3, 0.4) is 0 Å². The van der Waals surface area contributed by atoms with Gasteiger partial charge in [0.25, 0.3) is 5.89 Å². The molecule has 14 heteroatoms. The van der Waals surface area contributed by atoms with Crippen molar-refractivity contribution in [3.8, 4) is 0 Å². The van der Waals surface area contributed by atoms with Gasteiger partial charge in [-0.05, 0) is 94.4 Å². The Morgan fingerprint density at radius 1 is 0.906 bits per heavy atom. The van der Waals surface area contributed by atoms with E-state index < -0.39 is 54.0 Å². The van der Waals surface area contributed by atoms with Crippen LogP contribution in [0.4, 0.5) is 9.59 Å². The molecule has 6 rings (SSSR count). The summed E-state index contributed by atoms with van der Waals surface area (Å²) in [6, 6.07) is 13.4. The van der Waals surface area contributed by atoms with Crippen LogP contribution >= 0.6 is 0 Å². The number of carbonyl (C=O) groups is 5. The van der Waals surface area contributed by atoms with Crippen LogP contribution in [0.15, 0.2) is 59.0 Å². The zero-order valence-electron chi connectivity index (χ0n) is 30.1. The number of para-hydroxylation sites is 2. The molecule has 3 fully saturated rings. The predicted octanol–water partition coefficient (Wildman–Crippen LogP) is 4.35. The molecule has 3 aromatic rings. The van der Waals surface area contributed by atoms with Crippen molar-refractivity contribution >= 4 is 40.9 Å². The van der Waals surface area contributed by atoms with Gasteiger partial charge in [0.1, 0.15) is 23.7 Å². The normalized spacial score (nSPS) is 19.7. The molecular formula is C39H50N6O8. The van der Waals surface area contributed by atoms with Gasteiger partial charge in [0, 0.05) is 19.5 Å². The summed E-state index contributed by atoms with van der Waals surface area (Å²) in [6.45, 7) is 1.78. The Balaban J connectivity index is 1.22. The standard InChI is InChI=1S/C39H50N6O8/c40-20-8-7-14-30(34(46)36-42-29-13-5-6-15-33(29)53-36)41-35(47)32-23-28(52-39(50)44-21-9-2-10-22-44)24-45(32)37(48)31(19-18-26-11-3-1-4-12-26)43-38(49)51-25-27-16-17-27/h1,3-6,11-13,15,27-28,30-32H,2,7-10,14,16-25,40H2,(H,41,47)(H,43,49)/t28-,30+,31-,32+/m1/s1. The summed E-state index contributed by atoms with van der Waals surface area (Å²) in [5.41, 5.74) is 7.67. The number of hydrogen-bond donors (Lipinski definition) is 3. The van der Waals surface area contributed by atoms with Gasteiger partial charge in [-0.1, -0.05) is 42.5 Å². The number of likely N-dealkylation sites (tertiary alicyclic amines) is 2. The van der Waals surface area contributed by atoms with E-state index in [-0.39, 0.29) is 38.3 Å². The van der Waals surface area contributed by atoms with E-state index in [1.54, 1.807) is 29.2 Å². The number of fused-ring (bicyclic) bond motifs is 1. The second kappa shape index (κ2) is 18.2. The topological polar surface area (TPSA) is 186 Å². The lowest BCUT2D eigenvalue weighted by Gasteiger charge is -2.29. The first-order valence-electron chi connectivity index (χ1n) is 18.9. The van der Waals surface area contributed by atoms with E-state index in [9.17, 15) is 24.0 Å². The van der Waals surface area contributed by atoms with Gasteiger partial charge >= 0.3 is 12.2 Å². The maximum atomic E-state index is 14.5. The van der Waals surface area contributed by atoms with Gasteiger partial charge in [-0.2, -0.15) is 0 Å². The van der Waals surface area contributed by atoms with E-state index in [4.69, 9.17) is 19.6 Å². The highest BCUT2D eigenvalue weighted by molar-refractivity contribution is 6.01. The zero-order chi connectivity index (χ0) is 37.2. The average molecular weight is 731 g/mol. The number of carbonyl (C=O) groups excluding carboxylic acids is 5. The number of Topliss-reactive ketones (excluding diaryl/α,β-unsaturated/α-hetero) is 1. The van der Waals surface area contributed by atoms with Crippen LogP contribution in [-0.4, -0.2) is 102 Å². The van der Waals surface area contributed by atoms with Crippen molar-refractivity contribution in [3.63, 3.8) is 0 Å². The number of ether oxygens (including phenoxy) is 2. The van der Waals surface area contributed by atoms with Gasteiger partial charge in [-0.3, -0.25) is 14.4 Å². The minimum atomic E-state index is -1.10. The molecular weight excluding hydrogens is 680 g/mol. The molecule has 1 aromatic heterocycles. The third-order valence-electron chi connectivity index (χ3n) is 10.1. The first-order valence-corrected chi connectivity index (χ1v) is 18.9. The monoisotopic (exact) mass is 730 g/mol. The summed E-state index contributed by atoms with van der Waals surface area (Å²) in [6.07, 6.45) is 4.95. The Morgan fingerprint density at radius 3 is 2.40 bits per heavy atom. The number of aromatic nitrogens is 1. The Bertz CT molecular complexity index is 1690. The number of piperidine rings is 1. The number of oxazole rings is 1. The highest BCUT2D eigenvalue weighted by atomic mass is 16.6. The van der Waals surface area contributed by atoms with Crippen LogP contribution in [0, 0.1) is 5.92 Å². The molecule has 0 unspecified atom stereocenters. The van der Waals surface area contributed by atoms with E-state index in [0.717, 1.165) is 37.7 Å². The lowest BCUT2D eigenvalue weighted by atomic mass is 10.0. The second-order valence-electron chi connectivity index (χ2n) is 14.3. The number of hydrogen-bond acceptors (Lipinski definition) is 10. The second-order valence-corrected chi connectivity index (χ2v) is 14.3. The molecule has 0 spiro atoms. The van der Waals surface area contributed by atoms with Crippen LogP contribution in [0.2, 0.25) is 0 Å². The van der Waals surface area contributed by atoms with E-state index in [1.165, 1.54) is 4.90 Å². The van der Waals surface area contributed by atoms with Gasteiger partial charge in [0.2, 0.25) is 17.6 Å². The largest absolute Gasteiger partial charge is 0.449 e. The van der Waals surface area contributed by atoms with Gasteiger partial charge < -0.3 is 40.1 Å². The number of nitrogens with one attached hydrogen (secondary N) is 2. The number of nitrogens with zero attached hydrogens (tertiary/aromatic N) is 3. The molecule has 4 amide bonds. The highest BCUT2D eigenvalue weighted by Gasteiger charge is 2.45. The van der Waals surface area contributed by atoms with E-state index in [0.29, 0.717) is 55.9 Å². The Morgan fingerprint density at radius 2 is 1.66 bits per heavy atom. The van der Waals surface area contributed by atoms with E-state index >= 15 is 0 Å². The number of ketones is 1. The number of aryl methyl sites for hydroxylation is 1. The molecule has 3 aliphatic rings. The van der Waals surface area contributed by atoms with Crippen molar-refractivity contribution in [1.82, 2.24) is 25.4 Å². The number of unbranched alkanes of at least 4 members (excludes halogenated alkanes) is 1. The Hall–Kier alpha value is -4.98. The maximum absolute atomic E-state index is 14.5. The van der Waals surface area contributed by atoms with Crippen molar-refractivity contribution < 1.29 is 37.9 Å². The molecule has 284 valence electrons. The van der Waals surface area contributed by atoms with Gasteiger partial charge in [-0.25, -0.2) is 14.6 Å². The van der Waals surface area contributed by atoms with Gasteiger partial charge in [-0.15, -0.1) is 0 Å². The molecule has 1 aliphatic carbocycles. The lowest BCUT2D eigenvalue weighted by Crippen LogP contribution is -2.55. The predicted molar refractivity (Wildman–Crippen MR) is 195 cm³/mol. The van der Waals surface area contributed by atoms with E-state index in [2.05, 4.69) is 15.6 Å². The molecule has 53 heavy (non-hydrogen) atoms. The average Bonchev–Trinajstić information content (AvgIpc) is 3.76. The smallest absolute Gasteiger partial charge is 0.410 e.